The Morgan fingerprint density at radius 2 is 1.77 bits per heavy atom. The van der Waals surface area contributed by atoms with E-state index in [4.69, 9.17) is 10.7 Å². The zero-order chi connectivity index (χ0) is 21.1. The molecule has 0 fully saturated rings. The Hall–Kier alpha value is -1.83. The molecule has 154 valence electrons. The molecule has 0 radical (unpaired) electrons. The summed E-state index contributed by atoms with van der Waals surface area (Å²) in [5, 5.41) is 4.24. The molecule has 2 aliphatic rings. The van der Waals surface area contributed by atoms with Crippen LogP contribution in [0.5, 0.6) is 0 Å². The topological polar surface area (TPSA) is 67.5 Å². The van der Waals surface area contributed by atoms with Gasteiger partial charge in [-0.05, 0) is 71.9 Å². The summed E-state index contributed by atoms with van der Waals surface area (Å²) in [6.07, 6.45) is 5.34. The fraction of sp³-hybridized carbons (Fsp3) is 0.217. The largest absolute Gasteiger partial charge is 0.369 e. The van der Waals surface area contributed by atoms with Crippen molar-refractivity contribution in [3.8, 4) is 0 Å². The summed E-state index contributed by atoms with van der Waals surface area (Å²) in [5.41, 5.74) is 11.4. The molecule has 1 aliphatic heterocycles. The highest BCUT2D eigenvalue weighted by molar-refractivity contribution is 9.10. The second kappa shape index (κ2) is 9.54. The van der Waals surface area contributed by atoms with Crippen molar-refractivity contribution >= 4 is 60.8 Å². The number of hydrogen-bond donors (Lipinski definition) is 2. The van der Waals surface area contributed by atoms with Crippen LogP contribution in [0.3, 0.4) is 0 Å². The predicted molar refractivity (Wildman–Crippen MR) is 132 cm³/mol. The Balaban J connectivity index is 1.74. The summed E-state index contributed by atoms with van der Waals surface area (Å²) >= 11 is 8.37. The summed E-state index contributed by atoms with van der Waals surface area (Å²) in [6.45, 7) is 0. The molecule has 3 N–H and O–H groups in total. The van der Waals surface area contributed by atoms with Crippen LogP contribution in [-0.2, 0) is 4.79 Å². The first-order chi connectivity index (χ1) is 14.5. The zero-order valence-electron chi connectivity index (χ0n) is 16.2. The van der Waals surface area contributed by atoms with Gasteiger partial charge in [0.1, 0.15) is 6.04 Å². The Morgan fingerprint density at radius 1 is 1.10 bits per heavy atom. The SMILES string of the molecule is NC(=O)CSC1=NC(c2ccc(Br)cc2)C2=C(N1)C(=Cc1ccc(Br)cc1)CCC2. The summed E-state index contributed by atoms with van der Waals surface area (Å²) in [5.74, 6) is -0.147. The van der Waals surface area contributed by atoms with E-state index in [-0.39, 0.29) is 17.7 Å². The molecule has 4 rings (SSSR count). The quantitative estimate of drug-likeness (QED) is 0.497. The van der Waals surface area contributed by atoms with Gasteiger partial charge in [0.05, 0.1) is 5.75 Å². The molecule has 0 saturated heterocycles. The van der Waals surface area contributed by atoms with Crippen molar-refractivity contribution in [2.24, 2.45) is 10.7 Å². The first-order valence-electron chi connectivity index (χ1n) is 9.70. The van der Waals surface area contributed by atoms with E-state index in [9.17, 15) is 4.79 Å². The van der Waals surface area contributed by atoms with Crippen molar-refractivity contribution in [3.05, 3.63) is 85.4 Å². The van der Waals surface area contributed by atoms with Gasteiger partial charge in [-0.3, -0.25) is 4.79 Å². The van der Waals surface area contributed by atoms with Crippen LogP contribution in [0, 0.1) is 0 Å². The third-order valence-electron chi connectivity index (χ3n) is 5.09. The third kappa shape index (κ3) is 5.07. The number of aliphatic imine (C=N–C) groups is 1. The smallest absolute Gasteiger partial charge is 0.227 e. The maximum atomic E-state index is 11.3. The normalized spacial score (nSPS) is 19.9. The summed E-state index contributed by atoms with van der Waals surface area (Å²) in [4.78, 5) is 16.3. The Kier molecular flexibility index (Phi) is 6.80. The molecule has 2 aromatic carbocycles. The molecule has 0 spiro atoms. The standard InChI is InChI=1S/C23H21Br2N3OS/c24-17-8-4-14(5-9-17)12-16-2-1-3-19-21(15-6-10-18(25)11-7-15)27-23(28-22(16)19)30-13-20(26)29/h4-12,21H,1-3,13H2,(H2,26,29)(H,27,28). The number of rotatable bonds is 4. The number of thioether (sulfide) groups is 1. The van der Waals surface area contributed by atoms with Gasteiger partial charge in [0.15, 0.2) is 5.17 Å². The van der Waals surface area contributed by atoms with Crippen molar-refractivity contribution in [1.29, 1.82) is 0 Å². The third-order valence-corrected chi connectivity index (χ3v) is 7.06. The maximum Gasteiger partial charge on any atom is 0.227 e. The number of nitrogens with two attached hydrogens (primary N) is 1. The highest BCUT2D eigenvalue weighted by Crippen LogP contribution is 2.41. The molecular weight excluding hydrogens is 526 g/mol. The first kappa shape index (κ1) is 21.4. The molecule has 1 heterocycles. The van der Waals surface area contributed by atoms with Crippen LogP contribution in [0.25, 0.3) is 6.08 Å². The molecule has 1 amide bonds. The lowest BCUT2D eigenvalue weighted by Crippen LogP contribution is -2.32. The van der Waals surface area contributed by atoms with E-state index >= 15 is 0 Å². The van der Waals surface area contributed by atoms with Crippen LogP contribution in [0.2, 0.25) is 0 Å². The predicted octanol–water partition coefficient (Wildman–Crippen LogP) is 5.95. The minimum absolute atomic E-state index is 0.0571. The Bertz CT molecular complexity index is 1040. The minimum Gasteiger partial charge on any atom is -0.369 e. The summed E-state index contributed by atoms with van der Waals surface area (Å²) in [7, 11) is 0. The Morgan fingerprint density at radius 3 is 2.43 bits per heavy atom. The average Bonchev–Trinajstić information content (AvgIpc) is 2.74. The van der Waals surface area contributed by atoms with Crippen LogP contribution in [0.15, 0.2) is 79.3 Å². The van der Waals surface area contributed by atoms with E-state index in [2.05, 4.69) is 79.7 Å². The lowest BCUT2D eigenvalue weighted by Gasteiger charge is -2.33. The highest BCUT2D eigenvalue weighted by atomic mass is 79.9. The minimum atomic E-state index is -0.348. The number of amidine groups is 1. The summed E-state index contributed by atoms with van der Waals surface area (Å²) in [6, 6.07) is 16.6. The van der Waals surface area contributed by atoms with Crippen molar-refractivity contribution < 1.29 is 4.79 Å². The van der Waals surface area contributed by atoms with Crippen LogP contribution in [-0.4, -0.2) is 16.8 Å². The van der Waals surface area contributed by atoms with Gasteiger partial charge >= 0.3 is 0 Å². The van der Waals surface area contributed by atoms with E-state index in [1.165, 1.54) is 22.9 Å². The lowest BCUT2D eigenvalue weighted by molar-refractivity contribution is -0.115. The van der Waals surface area contributed by atoms with Crippen molar-refractivity contribution in [2.45, 2.75) is 25.3 Å². The molecule has 7 heteroatoms. The summed E-state index contributed by atoms with van der Waals surface area (Å²) < 4.78 is 2.11. The van der Waals surface area contributed by atoms with Crippen LogP contribution in [0.4, 0.5) is 0 Å². The number of carbonyl (C=O) groups is 1. The number of nitrogens with zero attached hydrogens (tertiary/aromatic N) is 1. The van der Waals surface area contributed by atoms with Crippen molar-refractivity contribution in [2.75, 3.05) is 5.75 Å². The lowest BCUT2D eigenvalue weighted by atomic mass is 9.84. The van der Waals surface area contributed by atoms with Gasteiger partial charge in [-0.1, -0.05) is 67.9 Å². The number of primary amides is 1. The molecule has 4 nitrogen and oxygen atoms in total. The Labute approximate surface area is 197 Å². The molecule has 1 unspecified atom stereocenters. The van der Waals surface area contributed by atoms with E-state index in [0.717, 1.165) is 50.2 Å². The number of carbonyl (C=O) groups excluding carboxylic acids is 1. The van der Waals surface area contributed by atoms with E-state index in [1.54, 1.807) is 0 Å². The number of hydrogen-bond acceptors (Lipinski definition) is 4. The number of benzene rings is 2. The fourth-order valence-electron chi connectivity index (χ4n) is 3.73. The van der Waals surface area contributed by atoms with Crippen molar-refractivity contribution in [3.63, 3.8) is 0 Å². The van der Waals surface area contributed by atoms with Gasteiger partial charge in [-0.15, -0.1) is 0 Å². The monoisotopic (exact) mass is 545 g/mol. The first-order valence-corrected chi connectivity index (χ1v) is 12.3. The van der Waals surface area contributed by atoms with Crippen LogP contribution in [0.1, 0.15) is 36.4 Å². The molecule has 30 heavy (non-hydrogen) atoms. The van der Waals surface area contributed by atoms with Crippen molar-refractivity contribution in [1.82, 2.24) is 5.32 Å². The zero-order valence-corrected chi connectivity index (χ0v) is 20.2. The highest BCUT2D eigenvalue weighted by Gasteiger charge is 2.30. The maximum absolute atomic E-state index is 11.3. The number of halogens is 2. The van der Waals surface area contributed by atoms with Gasteiger partial charge in [0.25, 0.3) is 0 Å². The second-order valence-electron chi connectivity index (χ2n) is 7.24. The molecule has 1 aliphatic carbocycles. The van der Waals surface area contributed by atoms with Crippen LogP contribution < -0.4 is 11.1 Å². The molecule has 0 aromatic heterocycles. The number of amides is 1. The molecule has 1 atom stereocenters. The van der Waals surface area contributed by atoms with Gasteiger partial charge < -0.3 is 11.1 Å². The van der Waals surface area contributed by atoms with Crippen LogP contribution >= 0.6 is 43.6 Å². The molecule has 2 aromatic rings. The van der Waals surface area contributed by atoms with Gasteiger partial charge in [-0.2, -0.15) is 0 Å². The van der Waals surface area contributed by atoms with Gasteiger partial charge in [0, 0.05) is 14.6 Å². The van der Waals surface area contributed by atoms with E-state index < -0.39 is 0 Å². The van der Waals surface area contributed by atoms with E-state index in [0.29, 0.717) is 0 Å². The van der Waals surface area contributed by atoms with E-state index in [1.807, 2.05) is 12.1 Å². The number of nitrogens with one attached hydrogen (secondary N) is 1. The molecular formula is C23H21Br2N3OS. The molecule has 0 bridgehead atoms. The number of allylic oxidation sites excluding steroid dienone is 1. The fourth-order valence-corrected chi connectivity index (χ4v) is 4.89. The average molecular weight is 547 g/mol. The van der Waals surface area contributed by atoms with Gasteiger partial charge in [0.2, 0.25) is 5.91 Å². The molecule has 0 saturated carbocycles. The van der Waals surface area contributed by atoms with Gasteiger partial charge in [-0.25, -0.2) is 4.99 Å². The second-order valence-corrected chi connectivity index (χ2v) is 10.0.